The van der Waals surface area contributed by atoms with Crippen LogP contribution in [0.3, 0.4) is 0 Å². The molecule has 1 heterocycles. The maximum Gasteiger partial charge on any atom is 0.191 e. The second kappa shape index (κ2) is 6.13. The lowest BCUT2D eigenvalue weighted by molar-refractivity contribution is 0.127. The summed E-state index contributed by atoms with van der Waals surface area (Å²) in [6, 6.07) is 0. The van der Waals surface area contributed by atoms with Gasteiger partial charge in [-0.05, 0) is 49.9 Å². The molecule has 0 amide bonds. The van der Waals surface area contributed by atoms with Crippen molar-refractivity contribution in [1.82, 2.24) is 10.6 Å². The predicted molar refractivity (Wildman–Crippen MR) is 83.3 cm³/mol. The summed E-state index contributed by atoms with van der Waals surface area (Å²) >= 11 is 0. The third-order valence-electron chi connectivity index (χ3n) is 5.63. The number of guanidine groups is 1. The minimum Gasteiger partial charge on any atom is -0.396 e. The number of hydrogen-bond donors (Lipinski definition) is 3. The van der Waals surface area contributed by atoms with E-state index in [1.165, 1.54) is 25.7 Å². The normalized spacial score (nSPS) is 31.2. The number of aliphatic hydroxyl groups excluding tert-OH is 1. The molecule has 0 bridgehead atoms. The van der Waals surface area contributed by atoms with Crippen LogP contribution in [0.5, 0.6) is 0 Å². The molecule has 3 N–H and O–H groups in total. The zero-order chi connectivity index (χ0) is 14.8. The fraction of sp³-hybridized carbons (Fsp3) is 0.938. The van der Waals surface area contributed by atoms with Gasteiger partial charge >= 0.3 is 0 Å². The highest BCUT2D eigenvalue weighted by molar-refractivity contribution is 5.79. The average Bonchev–Trinajstić information content (AvgIpc) is 3.39. The van der Waals surface area contributed by atoms with Crippen molar-refractivity contribution in [3.63, 3.8) is 0 Å². The van der Waals surface area contributed by atoms with Gasteiger partial charge in [0.1, 0.15) is 0 Å². The summed E-state index contributed by atoms with van der Waals surface area (Å²) in [5.74, 6) is 1.86. The molecule has 3 aliphatic rings. The van der Waals surface area contributed by atoms with Crippen molar-refractivity contribution in [3.05, 3.63) is 0 Å². The Bertz CT molecular complexity index is 383. The highest BCUT2D eigenvalue weighted by Gasteiger charge is 2.53. The summed E-state index contributed by atoms with van der Waals surface area (Å²) in [4.78, 5) is 4.34. The molecule has 0 radical (unpaired) electrons. The molecule has 0 aromatic rings. The maximum atomic E-state index is 9.27. The summed E-state index contributed by atoms with van der Waals surface area (Å²) in [6.07, 6.45) is 7.41. The topological polar surface area (TPSA) is 65.9 Å². The van der Waals surface area contributed by atoms with Crippen LogP contribution in [-0.2, 0) is 4.74 Å². The first-order valence-electron chi connectivity index (χ1n) is 8.35. The van der Waals surface area contributed by atoms with Gasteiger partial charge in [0.15, 0.2) is 5.96 Å². The van der Waals surface area contributed by atoms with Gasteiger partial charge < -0.3 is 20.5 Å². The number of rotatable bonds is 7. The van der Waals surface area contributed by atoms with Crippen molar-refractivity contribution < 1.29 is 9.84 Å². The van der Waals surface area contributed by atoms with E-state index >= 15 is 0 Å². The van der Waals surface area contributed by atoms with Crippen molar-refractivity contribution in [3.8, 4) is 0 Å². The molecular formula is C16H29N3O2. The molecule has 0 aromatic carbocycles. The van der Waals surface area contributed by atoms with Crippen LogP contribution in [0, 0.1) is 16.7 Å². The number of nitrogens with zero attached hydrogens (tertiary/aromatic N) is 1. The van der Waals surface area contributed by atoms with E-state index in [0.717, 1.165) is 51.0 Å². The molecule has 1 aliphatic heterocycles. The van der Waals surface area contributed by atoms with Crippen molar-refractivity contribution >= 4 is 5.96 Å². The van der Waals surface area contributed by atoms with Crippen LogP contribution in [0.4, 0.5) is 0 Å². The van der Waals surface area contributed by atoms with E-state index in [1.54, 1.807) is 0 Å². The van der Waals surface area contributed by atoms with Crippen LogP contribution < -0.4 is 10.6 Å². The Hall–Kier alpha value is -0.810. The highest BCUT2D eigenvalue weighted by Crippen LogP contribution is 2.60. The van der Waals surface area contributed by atoms with Gasteiger partial charge in [-0.3, -0.25) is 4.99 Å². The minimum atomic E-state index is 0.0696. The predicted octanol–water partition coefficient (Wildman–Crippen LogP) is 1.13. The lowest BCUT2D eigenvalue weighted by Gasteiger charge is -2.28. The molecule has 3 fully saturated rings. The molecule has 2 aliphatic carbocycles. The first-order chi connectivity index (χ1) is 10.2. The van der Waals surface area contributed by atoms with E-state index in [4.69, 9.17) is 4.74 Å². The van der Waals surface area contributed by atoms with Crippen LogP contribution in [0.1, 0.15) is 38.5 Å². The average molecular weight is 295 g/mol. The number of ether oxygens (including phenoxy) is 1. The Labute approximate surface area is 127 Å². The third-order valence-corrected chi connectivity index (χ3v) is 5.63. The number of hydrogen-bond acceptors (Lipinski definition) is 3. The molecule has 5 heteroatoms. The zero-order valence-electron chi connectivity index (χ0n) is 13.2. The Morgan fingerprint density at radius 2 is 2.00 bits per heavy atom. The summed E-state index contributed by atoms with van der Waals surface area (Å²) in [5, 5.41) is 16.2. The Morgan fingerprint density at radius 1 is 1.24 bits per heavy atom. The van der Waals surface area contributed by atoms with Crippen LogP contribution in [-0.4, -0.2) is 51.0 Å². The maximum absolute atomic E-state index is 9.27. The largest absolute Gasteiger partial charge is 0.396 e. The van der Waals surface area contributed by atoms with Gasteiger partial charge in [-0.1, -0.05) is 0 Å². The van der Waals surface area contributed by atoms with Crippen LogP contribution >= 0.6 is 0 Å². The van der Waals surface area contributed by atoms with Gasteiger partial charge in [0.25, 0.3) is 0 Å². The van der Waals surface area contributed by atoms with Crippen LogP contribution in [0.25, 0.3) is 0 Å². The van der Waals surface area contributed by atoms with Gasteiger partial charge in [0.2, 0.25) is 0 Å². The van der Waals surface area contributed by atoms with E-state index in [0.29, 0.717) is 5.41 Å². The first-order valence-corrected chi connectivity index (χ1v) is 8.35. The van der Waals surface area contributed by atoms with E-state index in [-0.39, 0.29) is 12.0 Å². The number of nitrogens with one attached hydrogen (secondary N) is 2. The summed E-state index contributed by atoms with van der Waals surface area (Å²) in [6.45, 7) is 3.65. The summed E-state index contributed by atoms with van der Waals surface area (Å²) in [7, 11) is 1.83. The van der Waals surface area contributed by atoms with Gasteiger partial charge in [-0.2, -0.15) is 0 Å². The molecule has 0 spiro atoms. The van der Waals surface area contributed by atoms with Crippen molar-refractivity contribution in [2.24, 2.45) is 21.7 Å². The Balaban J connectivity index is 1.46. The standard InChI is InChI=1S/C16H29N3O2/c1-17-14(19-11-16(4-5-16)13-2-3-13)18-10-15(6-8-20)7-9-21-12-15/h13,20H,2-12H2,1H3,(H2,17,18,19). The molecule has 1 saturated heterocycles. The van der Waals surface area contributed by atoms with Crippen molar-refractivity contribution in [1.29, 1.82) is 0 Å². The number of aliphatic imine (C=N–C) groups is 1. The highest BCUT2D eigenvalue weighted by atomic mass is 16.5. The second-order valence-electron chi connectivity index (χ2n) is 7.19. The molecule has 3 rings (SSSR count). The van der Waals surface area contributed by atoms with Crippen molar-refractivity contribution in [2.75, 3.05) is 40.0 Å². The van der Waals surface area contributed by atoms with Gasteiger partial charge in [-0.15, -0.1) is 0 Å². The fourth-order valence-electron chi connectivity index (χ4n) is 3.65. The third kappa shape index (κ3) is 3.51. The van der Waals surface area contributed by atoms with E-state index < -0.39 is 0 Å². The molecule has 1 atom stereocenters. The van der Waals surface area contributed by atoms with Gasteiger partial charge in [0.05, 0.1) is 6.61 Å². The molecular weight excluding hydrogens is 266 g/mol. The second-order valence-corrected chi connectivity index (χ2v) is 7.19. The quantitative estimate of drug-likeness (QED) is 0.487. The number of aliphatic hydroxyl groups is 1. The Morgan fingerprint density at radius 3 is 2.52 bits per heavy atom. The van der Waals surface area contributed by atoms with E-state index in [1.807, 2.05) is 7.05 Å². The molecule has 120 valence electrons. The minimum absolute atomic E-state index is 0.0696. The van der Waals surface area contributed by atoms with E-state index in [9.17, 15) is 5.11 Å². The molecule has 5 nitrogen and oxygen atoms in total. The zero-order valence-corrected chi connectivity index (χ0v) is 13.2. The first kappa shape index (κ1) is 15.1. The monoisotopic (exact) mass is 295 g/mol. The van der Waals surface area contributed by atoms with Crippen LogP contribution in [0.2, 0.25) is 0 Å². The summed E-state index contributed by atoms with van der Waals surface area (Å²) in [5.41, 5.74) is 0.650. The van der Waals surface area contributed by atoms with Crippen LogP contribution in [0.15, 0.2) is 4.99 Å². The lowest BCUT2D eigenvalue weighted by Crippen LogP contribution is -2.46. The molecule has 1 unspecified atom stereocenters. The SMILES string of the molecule is CN=C(NCC1(CCO)CCOC1)NCC1(C2CC2)CC1. The molecule has 2 saturated carbocycles. The fourth-order valence-corrected chi connectivity index (χ4v) is 3.65. The molecule has 0 aromatic heterocycles. The summed E-state index contributed by atoms with van der Waals surface area (Å²) < 4.78 is 5.53. The molecule has 21 heavy (non-hydrogen) atoms. The smallest absolute Gasteiger partial charge is 0.191 e. The van der Waals surface area contributed by atoms with E-state index in [2.05, 4.69) is 15.6 Å². The van der Waals surface area contributed by atoms with Crippen molar-refractivity contribution in [2.45, 2.75) is 38.5 Å². The van der Waals surface area contributed by atoms with Gasteiger partial charge in [-0.25, -0.2) is 0 Å². The lowest BCUT2D eigenvalue weighted by atomic mass is 9.84. The van der Waals surface area contributed by atoms with Gasteiger partial charge in [0, 0.05) is 38.8 Å². The Kier molecular flexibility index (Phi) is 4.41.